The molecule has 3 heterocycles. The van der Waals surface area contributed by atoms with Gasteiger partial charge in [-0.1, -0.05) is 48.5 Å². The third-order valence-electron chi connectivity index (χ3n) is 7.44. The van der Waals surface area contributed by atoms with E-state index in [0.29, 0.717) is 24.3 Å². The molecule has 0 radical (unpaired) electrons. The maximum atomic E-state index is 14.0. The Morgan fingerprint density at radius 1 is 0.641 bits per heavy atom. The fraction of sp³-hybridized carbons (Fsp3) is 0.226. The van der Waals surface area contributed by atoms with Gasteiger partial charge in [-0.05, 0) is 55.8 Å². The summed E-state index contributed by atoms with van der Waals surface area (Å²) >= 11 is 0. The molecule has 2 aromatic heterocycles. The molecule has 0 aliphatic carbocycles. The molecule has 2 N–H and O–H groups in total. The molecule has 198 valence electrons. The van der Waals surface area contributed by atoms with Crippen LogP contribution in [-0.4, -0.2) is 45.9 Å². The Balaban J connectivity index is 1.53. The maximum Gasteiger partial charge on any atom is 0.275 e. The van der Waals surface area contributed by atoms with Gasteiger partial charge in [-0.15, -0.1) is 0 Å². The molecule has 0 unspecified atom stereocenters. The van der Waals surface area contributed by atoms with Crippen LogP contribution in [0.15, 0.2) is 94.5 Å². The van der Waals surface area contributed by atoms with E-state index in [-0.39, 0.29) is 11.1 Å². The zero-order valence-corrected chi connectivity index (χ0v) is 22.1. The Kier molecular flexibility index (Phi) is 6.54. The lowest BCUT2D eigenvalue weighted by atomic mass is 9.85. The number of hydrogen-bond donors (Lipinski definition) is 2. The van der Waals surface area contributed by atoms with E-state index in [1.165, 1.54) is 0 Å². The van der Waals surface area contributed by atoms with Crippen LogP contribution in [0.1, 0.15) is 34.0 Å². The van der Waals surface area contributed by atoms with Gasteiger partial charge in [0.05, 0.1) is 35.7 Å². The summed E-state index contributed by atoms with van der Waals surface area (Å²) in [5.41, 5.74) is 5.66. The van der Waals surface area contributed by atoms with Crippen LogP contribution >= 0.6 is 0 Å². The Morgan fingerprint density at radius 3 is 1.56 bits per heavy atom. The van der Waals surface area contributed by atoms with E-state index in [1.54, 1.807) is 9.36 Å². The van der Waals surface area contributed by atoms with E-state index in [9.17, 15) is 9.59 Å². The third kappa shape index (κ3) is 4.53. The van der Waals surface area contributed by atoms with Crippen LogP contribution in [-0.2, 0) is 4.74 Å². The molecule has 8 nitrogen and oxygen atoms in total. The van der Waals surface area contributed by atoms with Gasteiger partial charge >= 0.3 is 0 Å². The zero-order valence-electron chi connectivity index (χ0n) is 22.1. The molecule has 0 saturated carbocycles. The highest BCUT2D eigenvalue weighted by atomic mass is 16.5. The fourth-order valence-corrected chi connectivity index (χ4v) is 5.49. The molecule has 1 aliphatic heterocycles. The number of H-pyrrole nitrogens is 2. The summed E-state index contributed by atoms with van der Waals surface area (Å²) in [6.07, 6.45) is 0. The number of aryl methyl sites for hydroxylation is 2. The summed E-state index contributed by atoms with van der Waals surface area (Å²) in [4.78, 5) is 30.3. The van der Waals surface area contributed by atoms with Gasteiger partial charge in [-0.25, -0.2) is 9.36 Å². The normalized spacial score (nSPS) is 13.8. The molecular weight excluding hydrogens is 490 g/mol. The summed E-state index contributed by atoms with van der Waals surface area (Å²) in [5, 5.41) is 6.51. The van der Waals surface area contributed by atoms with E-state index >= 15 is 0 Å². The van der Waals surface area contributed by atoms with Gasteiger partial charge in [0.15, 0.2) is 0 Å². The highest BCUT2D eigenvalue weighted by Crippen LogP contribution is 2.33. The van der Waals surface area contributed by atoms with Gasteiger partial charge in [0, 0.05) is 36.1 Å². The van der Waals surface area contributed by atoms with Crippen LogP contribution in [0.25, 0.3) is 11.4 Å². The number of hydrogen-bond acceptors (Lipinski definition) is 4. The van der Waals surface area contributed by atoms with Crippen molar-refractivity contribution in [1.29, 1.82) is 0 Å². The van der Waals surface area contributed by atoms with E-state index in [4.69, 9.17) is 4.74 Å². The molecule has 0 amide bonds. The summed E-state index contributed by atoms with van der Waals surface area (Å²) < 4.78 is 8.61. The number of aromatic amines is 2. The first-order valence-electron chi connectivity index (χ1n) is 13.2. The van der Waals surface area contributed by atoms with Crippen LogP contribution < -0.4 is 16.0 Å². The molecule has 1 fully saturated rings. The van der Waals surface area contributed by atoms with Crippen molar-refractivity contribution in [3.63, 3.8) is 0 Å². The second kappa shape index (κ2) is 10.3. The Morgan fingerprint density at radius 2 is 1.10 bits per heavy atom. The van der Waals surface area contributed by atoms with Crippen molar-refractivity contribution in [1.82, 2.24) is 19.6 Å². The van der Waals surface area contributed by atoms with Crippen molar-refractivity contribution in [2.75, 3.05) is 31.2 Å². The number of nitrogens with zero attached hydrogens (tertiary/aromatic N) is 3. The Bertz CT molecular complexity index is 1590. The minimum Gasteiger partial charge on any atom is -0.378 e. The van der Waals surface area contributed by atoms with Crippen LogP contribution in [0, 0.1) is 13.8 Å². The molecule has 8 heteroatoms. The molecule has 39 heavy (non-hydrogen) atoms. The van der Waals surface area contributed by atoms with Crippen LogP contribution in [0.5, 0.6) is 0 Å². The first-order valence-corrected chi connectivity index (χ1v) is 13.2. The largest absolute Gasteiger partial charge is 0.378 e. The first kappa shape index (κ1) is 24.8. The lowest BCUT2D eigenvalue weighted by Gasteiger charge is -2.29. The monoisotopic (exact) mass is 521 g/mol. The van der Waals surface area contributed by atoms with Crippen LogP contribution in [0.3, 0.4) is 0 Å². The SMILES string of the molecule is Cc1[nH]n(-c2ccccc2)c(=O)c1C(c1ccc(N2CCOCC2)cc1)c1c(C)[nH]n(-c2ccccc2)c1=O. The van der Waals surface area contributed by atoms with Crippen LogP contribution in [0.2, 0.25) is 0 Å². The molecule has 6 rings (SSSR count). The van der Waals surface area contributed by atoms with Crippen molar-refractivity contribution < 1.29 is 4.74 Å². The summed E-state index contributed by atoms with van der Waals surface area (Å²) in [7, 11) is 0. The Labute approximate surface area is 226 Å². The molecule has 0 bridgehead atoms. The Hall–Kier alpha value is -4.56. The van der Waals surface area contributed by atoms with Gasteiger partial charge in [0.1, 0.15) is 0 Å². The average molecular weight is 522 g/mol. The minimum atomic E-state index is -0.564. The summed E-state index contributed by atoms with van der Waals surface area (Å²) in [6.45, 7) is 6.85. The number of aromatic nitrogens is 4. The number of anilines is 1. The quantitative estimate of drug-likeness (QED) is 0.349. The smallest absolute Gasteiger partial charge is 0.275 e. The lowest BCUT2D eigenvalue weighted by molar-refractivity contribution is 0.122. The van der Waals surface area contributed by atoms with Gasteiger partial charge in [-0.3, -0.25) is 19.8 Å². The second-order valence-electron chi connectivity index (χ2n) is 9.88. The maximum absolute atomic E-state index is 14.0. The van der Waals surface area contributed by atoms with Crippen molar-refractivity contribution in [3.05, 3.63) is 134 Å². The summed E-state index contributed by atoms with van der Waals surface area (Å²) in [5.74, 6) is -0.564. The molecule has 5 aromatic rings. The van der Waals surface area contributed by atoms with E-state index in [1.807, 2.05) is 86.6 Å². The zero-order chi connectivity index (χ0) is 26.9. The topological polar surface area (TPSA) is 88.1 Å². The number of benzene rings is 3. The van der Waals surface area contributed by atoms with Gasteiger partial charge < -0.3 is 9.64 Å². The molecule has 1 saturated heterocycles. The highest BCUT2D eigenvalue weighted by Gasteiger charge is 2.31. The van der Waals surface area contributed by atoms with E-state index in [0.717, 1.165) is 47.1 Å². The van der Waals surface area contributed by atoms with E-state index < -0.39 is 5.92 Å². The van der Waals surface area contributed by atoms with Crippen LogP contribution in [0.4, 0.5) is 5.69 Å². The fourth-order valence-electron chi connectivity index (χ4n) is 5.49. The number of para-hydroxylation sites is 2. The number of ether oxygens (including phenoxy) is 1. The standard InChI is InChI=1S/C31H31N5O3/c1-21-27(30(37)35(32-21)25-9-5-3-6-10-25)29(23-13-15-24(16-14-23)34-17-19-39-20-18-34)28-22(2)33-36(31(28)38)26-11-7-4-8-12-26/h3-16,29,32-33H,17-20H2,1-2H3. The average Bonchev–Trinajstić information content (AvgIpc) is 3.45. The minimum absolute atomic E-state index is 0.174. The lowest BCUT2D eigenvalue weighted by Crippen LogP contribution is -2.36. The molecule has 3 aromatic carbocycles. The number of nitrogens with one attached hydrogen (secondary N) is 2. The number of rotatable bonds is 6. The van der Waals surface area contributed by atoms with Gasteiger partial charge in [-0.2, -0.15) is 0 Å². The number of morpholine rings is 1. The molecule has 1 aliphatic rings. The van der Waals surface area contributed by atoms with Crippen molar-refractivity contribution in [3.8, 4) is 11.4 Å². The van der Waals surface area contributed by atoms with Gasteiger partial charge in [0.25, 0.3) is 11.1 Å². The van der Waals surface area contributed by atoms with Crippen molar-refractivity contribution in [2.24, 2.45) is 0 Å². The predicted molar refractivity (Wildman–Crippen MR) is 153 cm³/mol. The van der Waals surface area contributed by atoms with Crippen molar-refractivity contribution >= 4 is 5.69 Å². The van der Waals surface area contributed by atoms with Gasteiger partial charge in [0.2, 0.25) is 0 Å². The second-order valence-corrected chi connectivity index (χ2v) is 9.88. The third-order valence-corrected chi connectivity index (χ3v) is 7.44. The highest BCUT2D eigenvalue weighted by molar-refractivity contribution is 5.53. The van der Waals surface area contributed by atoms with E-state index in [2.05, 4.69) is 27.2 Å². The molecule has 0 spiro atoms. The molecule has 0 atom stereocenters. The molecular formula is C31H31N5O3. The predicted octanol–water partition coefficient (Wildman–Crippen LogP) is 4.28. The summed E-state index contributed by atoms with van der Waals surface area (Å²) in [6, 6.07) is 27.2. The van der Waals surface area contributed by atoms with Crippen molar-refractivity contribution in [2.45, 2.75) is 19.8 Å². The first-order chi connectivity index (χ1) is 19.0.